The Balaban J connectivity index is 1.03. The van der Waals surface area contributed by atoms with E-state index in [1.54, 1.807) is 0 Å². The molecule has 12 aromatic rings. The summed E-state index contributed by atoms with van der Waals surface area (Å²) in [6, 6.07) is 90.9. The van der Waals surface area contributed by atoms with Gasteiger partial charge in [0.05, 0.1) is 22.7 Å². The van der Waals surface area contributed by atoms with Gasteiger partial charge in [0.15, 0.2) is 0 Å². The lowest BCUT2D eigenvalue weighted by Crippen LogP contribution is -2.15. The first-order valence-electron chi connectivity index (χ1n) is 25.1. The van der Waals surface area contributed by atoms with Crippen LogP contribution in [0.1, 0.15) is 25.0 Å². The van der Waals surface area contributed by atoms with Crippen LogP contribution in [-0.2, 0) is 5.41 Å². The molecule has 0 saturated heterocycles. The monoisotopic (exact) mass is 966 g/mol. The quantitative estimate of drug-likeness (QED) is 0.159. The average Bonchev–Trinajstić information content (AvgIpc) is 3.67. The highest BCUT2D eigenvalue weighted by Crippen LogP contribution is 2.57. The minimum atomic E-state index is -0.230. The van der Waals surface area contributed by atoms with Gasteiger partial charge < -0.3 is 9.80 Å². The van der Waals surface area contributed by atoms with E-state index in [9.17, 15) is 0 Å². The smallest absolute Gasteiger partial charge is 0.0601 e. The lowest BCUT2D eigenvalue weighted by atomic mass is 9.79. The van der Waals surface area contributed by atoms with Crippen molar-refractivity contribution >= 4 is 90.0 Å². The second kappa shape index (κ2) is 16.4. The molecule has 0 bridgehead atoms. The van der Waals surface area contributed by atoms with Crippen LogP contribution in [0.25, 0.3) is 76.8 Å². The fraction of sp³-hybridized carbons (Fsp3) is 0.0435. The molecule has 0 spiro atoms. The molecule has 2 nitrogen and oxygen atoms in total. The van der Waals surface area contributed by atoms with Gasteiger partial charge in [-0.15, -0.1) is 0 Å². The van der Waals surface area contributed by atoms with E-state index in [1.165, 1.54) is 130 Å². The zero-order valence-corrected chi connectivity index (χ0v) is 41.9. The topological polar surface area (TPSA) is 6.48 Å². The molecule has 0 fully saturated rings. The molecule has 73 heavy (non-hydrogen) atoms. The third-order valence-electron chi connectivity index (χ3n) is 15.6. The fourth-order valence-electron chi connectivity index (χ4n) is 12.1. The standard InChI is InChI=1S/C69H46N2S2/c1-69(2)57-39-46(43-16-4-3-5-17-43)30-34-51(57)52-35-31-48(40-58(52)69)68-54-37-33-49(70-59-20-8-12-24-63(59)72-64-25-13-9-21-60(64)70)41-55(54)67(47-29-28-44-18-6-7-19-45(44)38-47)53-36-32-50(42-56(53)68)71-61-22-10-14-26-65(61)73-66-27-15-11-23-62(66)71/h3-42H,1-2H3. The molecule has 0 aromatic heterocycles. The predicted octanol–water partition coefficient (Wildman–Crippen LogP) is 20.3. The Hall–Kier alpha value is -8.28. The number of anilines is 6. The van der Waals surface area contributed by atoms with Gasteiger partial charge in [-0.2, -0.15) is 0 Å². The van der Waals surface area contributed by atoms with Gasteiger partial charge in [0.1, 0.15) is 0 Å². The van der Waals surface area contributed by atoms with Crippen molar-refractivity contribution in [3.63, 3.8) is 0 Å². The van der Waals surface area contributed by atoms with Crippen molar-refractivity contribution in [1.82, 2.24) is 0 Å². The van der Waals surface area contributed by atoms with Gasteiger partial charge in [-0.3, -0.25) is 0 Å². The molecule has 4 heteroatoms. The highest BCUT2D eigenvalue weighted by Gasteiger charge is 2.37. The highest BCUT2D eigenvalue weighted by molar-refractivity contribution is 8.00. The Bertz CT molecular complexity index is 4180. The lowest BCUT2D eigenvalue weighted by Gasteiger charge is -2.34. The van der Waals surface area contributed by atoms with E-state index in [1.807, 2.05) is 23.5 Å². The molecule has 0 amide bonds. The summed E-state index contributed by atoms with van der Waals surface area (Å²) < 4.78 is 0. The molecule has 0 saturated carbocycles. The molecular formula is C69H46N2S2. The number of hydrogen-bond donors (Lipinski definition) is 0. The molecule has 3 aliphatic rings. The summed E-state index contributed by atoms with van der Waals surface area (Å²) in [6.07, 6.45) is 0. The predicted molar refractivity (Wildman–Crippen MR) is 310 cm³/mol. The Morgan fingerprint density at radius 3 is 1.23 bits per heavy atom. The van der Waals surface area contributed by atoms with E-state index in [-0.39, 0.29) is 5.41 Å². The molecular weight excluding hydrogens is 921 g/mol. The van der Waals surface area contributed by atoms with Crippen LogP contribution in [0, 0.1) is 0 Å². The summed E-state index contributed by atoms with van der Waals surface area (Å²) in [6.45, 7) is 4.82. The van der Waals surface area contributed by atoms with E-state index < -0.39 is 0 Å². The molecule has 1 aliphatic carbocycles. The molecule has 12 aromatic carbocycles. The van der Waals surface area contributed by atoms with Crippen LogP contribution in [0.2, 0.25) is 0 Å². The Morgan fingerprint density at radius 1 is 0.301 bits per heavy atom. The number of hydrogen-bond acceptors (Lipinski definition) is 4. The third kappa shape index (κ3) is 6.60. The maximum atomic E-state index is 2.53. The van der Waals surface area contributed by atoms with E-state index in [2.05, 4.69) is 266 Å². The van der Waals surface area contributed by atoms with Crippen LogP contribution in [0.4, 0.5) is 34.1 Å². The fourth-order valence-corrected chi connectivity index (χ4v) is 14.2. The second-order valence-electron chi connectivity index (χ2n) is 20.0. The first-order valence-corrected chi connectivity index (χ1v) is 26.8. The van der Waals surface area contributed by atoms with Gasteiger partial charge in [0.25, 0.3) is 0 Å². The van der Waals surface area contributed by atoms with Crippen molar-refractivity contribution in [3.8, 4) is 44.5 Å². The molecule has 344 valence electrons. The molecule has 2 aliphatic heterocycles. The van der Waals surface area contributed by atoms with Gasteiger partial charge in [-0.1, -0.05) is 189 Å². The van der Waals surface area contributed by atoms with Crippen molar-refractivity contribution in [3.05, 3.63) is 254 Å². The molecule has 0 atom stereocenters. The summed E-state index contributed by atoms with van der Waals surface area (Å²) in [5, 5.41) is 7.34. The van der Waals surface area contributed by atoms with Crippen molar-refractivity contribution in [2.45, 2.75) is 38.8 Å². The SMILES string of the molecule is CC1(C)c2cc(-c3ccccc3)ccc2-c2ccc(-c3c4ccc(N5c6ccccc6Sc6ccccc65)cc4c(-c4ccc5ccccc5c4)c4ccc(N5c6ccccc6Sc6ccccc65)cc34)cc21. The molecule has 0 unspecified atom stereocenters. The highest BCUT2D eigenvalue weighted by atomic mass is 32.2. The Kier molecular flexibility index (Phi) is 9.51. The Morgan fingerprint density at radius 2 is 0.712 bits per heavy atom. The maximum Gasteiger partial charge on any atom is 0.0601 e. The lowest BCUT2D eigenvalue weighted by molar-refractivity contribution is 0.661. The number of nitrogens with zero attached hydrogens (tertiary/aromatic N) is 2. The van der Waals surface area contributed by atoms with Gasteiger partial charge in [0, 0.05) is 36.4 Å². The molecule has 0 N–H and O–H groups in total. The zero-order chi connectivity index (χ0) is 48.4. The van der Waals surface area contributed by atoms with E-state index >= 15 is 0 Å². The number of rotatable bonds is 5. The zero-order valence-electron chi connectivity index (χ0n) is 40.3. The maximum absolute atomic E-state index is 2.53. The van der Waals surface area contributed by atoms with Crippen molar-refractivity contribution in [2.75, 3.05) is 9.80 Å². The number of benzene rings is 12. The van der Waals surface area contributed by atoms with Crippen LogP contribution < -0.4 is 9.80 Å². The van der Waals surface area contributed by atoms with Gasteiger partial charge in [0.2, 0.25) is 0 Å². The van der Waals surface area contributed by atoms with Gasteiger partial charge >= 0.3 is 0 Å². The summed E-state index contributed by atoms with van der Waals surface area (Å²) >= 11 is 3.70. The molecule has 0 radical (unpaired) electrons. The van der Waals surface area contributed by atoms with Crippen LogP contribution >= 0.6 is 23.5 Å². The first-order chi connectivity index (χ1) is 35.9. The van der Waals surface area contributed by atoms with Gasteiger partial charge in [-0.25, -0.2) is 0 Å². The minimum Gasteiger partial charge on any atom is -0.308 e. The summed E-state index contributed by atoms with van der Waals surface area (Å²) in [7, 11) is 0. The number of fused-ring (bicyclic) bond motifs is 10. The van der Waals surface area contributed by atoms with Crippen LogP contribution in [0.3, 0.4) is 0 Å². The number of para-hydroxylation sites is 4. The van der Waals surface area contributed by atoms with Crippen molar-refractivity contribution < 1.29 is 0 Å². The normalized spacial score (nSPS) is 13.8. The summed E-state index contributed by atoms with van der Waals surface area (Å²) in [5.74, 6) is 0. The van der Waals surface area contributed by atoms with Crippen molar-refractivity contribution in [1.29, 1.82) is 0 Å². The van der Waals surface area contributed by atoms with Crippen LogP contribution in [0.15, 0.2) is 262 Å². The van der Waals surface area contributed by atoms with Crippen molar-refractivity contribution in [2.24, 2.45) is 0 Å². The first kappa shape index (κ1) is 42.4. The minimum absolute atomic E-state index is 0.230. The van der Waals surface area contributed by atoms with Crippen LogP contribution in [0.5, 0.6) is 0 Å². The third-order valence-corrected chi connectivity index (χ3v) is 17.8. The van der Waals surface area contributed by atoms with Gasteiger partial charge in [-0.05, 0) is 179 Å². The summed E-state index contributed by atoms with van der Waals surface area (Å²) in [4.78, 5) is 9.95. The molecule has 15 rings (SSSR count). The second-order valence-corrected chi connectivity index (χ2v) is 22.2. The molecule has 2 heterocycles. The van der Waals surface area contributed by atoms with E-state index in [4.69, 9.17) is 0 Å². The summed E-state index contributed by atoms with van der Waals surface area (Å²) in [5.41, 5.74) is 19.6. The van der Waals surface area contributed by atoms with E-state index in [0.717, 1.165) is 11.4 Å². The van der Waals surface area contributed by atoms with E-state index in [0.29, 0.717) is 0 Å². The Labute approximate surface area is 434 Å². The average molecular weight is 967 g/mol. The largest absolute Gasteiger partial charge is 0.308 e. The van der Waals surface area contributed by atoms with Crippen LogP contribution in [-0.4, -0.2) is 0 Å².